The molecule has 0 unspecified atom stereocenters. The molecule has 0 fully saturated rings. The summed E-state index contributed by atoms with van der Waals surface area (Å²) in [7, 11) is 0. The van der Waals surface area contributed by atoms with E-state index in [1.807, 2.05) is 0 Å². The minimum absolute atomic E-state index is 0.118. The molecule has 2 N–H and O–H groups in total. The Labute approximate surface area is 226 Å². The topological polar surface area (TPSA) is 106 Å². The number of hydrogen-bond donors (Lipinski definition) is 2. The Morgan fingerprint density at radius 3 is 2.08 bits per heavy atom. The summed E-state index contributed by atoms with van der Waals surface area (Å²) in [4.78, 5) is 36.2. The van der Waals surface area contributed by atoms with E-state index in [2.05, 4.69) is 29.7 Å². The molecule has 0 aromatic heterocycles. The Bertz CT molecular complexity index is 1000. The standard InChI is InChI=1S/C30H41N3O5/c1-3-5-7-8-9-10-11-12-28(34)31-23-29(35)33-32-22-24-13-17-27(18-14-24)38-30(36)25-15-19-26(20-16-25)37-21-6-4-2/h13-20,22H,3-12,21,23H2,1-2H3,(H,31,34)(H,33,35)/b32-22-. The highest BCUT2D eigenvalue weighted by atomic mass is 16.5. The van der Waals surface area contributed by atoms with Gasteiger partial charge in [0.2, 0.25) is 5.91 Å². The number of unbranched alkanes of at least 4 members (excludes halogenated alkanes) is 7. The number of nitrogens with zero attached hydrogens (tertiary/aromatic N) is 1. The molecule has 206 valence electrons. The number of ether oxygens (including phenoxy) is 2. The fraction of sp³-hybridized carbons (Fsp3) is 0.467. The largest absolute Gasteiger partial charge is 0.494 e. The molecular weight excluding hydrogens is 482 g/mol. The summed E-state index contributed by atoms with van der Waals surface area (Å²) in [6.07, 6.45) is 11.9. The third-order valence-electron chi connectivity index (χ3n) is 5.80. The van der Waals surface area contributed by atoms with Crippen molar-refractivity contribution in [1.29, 1.82) is 0 Å². The predicted octanol–water partition coefficient (Wildman–Crippen LogP) is 5.79. The van der Waals surface area contributed by atoms with Crippen molar-refractivity contribution in [3.8, 4) is 11.5 Å². The molecule has 0 radical (unpaired) electrons. The van der Waals surface area contributed by atoms with Gasteiger partial charge in [-0.15, -0.1) is 0 Å². The Kier molecular flexibility index (Phi) is 14.9. The van der Waals surface area contributed by atoms with E-state index in [0.29, 0.717) is 29.9 Å². The smallest absolute Gasteiger partial charge is 0.343 e. The molecule has 0 saturated heterocycles. The van der Waals surface area contributed by atoms with Gasteiger partial charge in [0, 0.05) is 6.42 Å². The molecule has 2 amide bonds. The molecule has 38 heavy (non-hydrogen) atoms. The highest BCUT2D eigenvalue weighted by Crippen LogP contribution is 2.17. The van der Waals surface area contributed by atoms with Crippen LogP contribution < -0.4 is 20.2 Å². The van der Waals surface area contributed by atoms with Crippen LogP contribution in [0.4, 0.5) is 0 Å². The molecule has 8 heteroatoms. The van der Waals surface area contributed by atoms with Gasteiger partial charge in [0.05, 0.1) is 24.9 Å². The Balaban J connectivity index is 1.65. The van der Waals surface area contributed by atoms with E-state index in [1.54, 1.807) is 48.5 Å². The van der Waals surface area contributed by atoms with Crippen LogP contribution in [0.15, 0.2) is 53.6 Å². The van der Waals surface area contributed by atoms with Crippen molar-refractivity contribution in [1.82, 2.24) is 10.7 Å². The van der Waals surface area contributed by atoms with E-state index in [0.717, 1.165) is 37.9 Å². The van der Waals surface area contributed by atoms with Gasteiger partial charge >= 0.3 is 5.97 Å². The van der Waals surface area contributed by atoms with Gasteiger partial charge in [0.1, 0.15) is 11.5 Å². The van der Waals surface area contributed by atoms with Gasteiger partial charge in [-0.2, -0.15) is 5.10 Å². The monoisotopic (exact) mass is 523 g/mol. The van der Waals surface area contributed by atoms with E-state index in [-0.39, 0.29) is 12.5 Å². The predicted molar refractivity (Wildman–Crippen MR) is 150 cm³/mol. The second kappa shape index (κ2) is 18.5. The second-order valence-electron chi connectivity index (χ2n) is 9.13. The first-order chi connectivity index (χ1) is 18.5. The Morgan fingerprint density at radius 2 is 1.39 bits per heavy atom. The molecule has 2 rings (SSSR count). The summed E-state index contributed by atoms with van der Waals surface area (Å²) in [5.41, 5.74) is 3.53. The minimum atomic E-state index is -0.465. The van der Waals surface area contributed by atoms with Crippen molar-refractivity contribution < 1.29 is 23.9 Å². The third-order valence-corrected chi connectivity index (χ3v) is 5.80. The van der Waals surface area contributed by atoms with Gasteiger partial charge < -0.3 is 14.8 Å². The number of carbonyl (C=O) groups is 3. The van der Waals surface area contributed by atoms with Gasteiger partial charge in [-0.05, 0) is 66.9 Å². The van der Waals surface area contributed by atoms with Crippen LogP contribution in [-0.4, -0.2) is 37.1 Å². The zero-order chi connectivity index (χ0) is 27.4. The number of carbonyl (C=O) groups excluding carboxylic acids is 3. The van der Waals surface area contributed by atoms with Crippen LogP contribution in [0, 0.1) is 0 Å². The van der Waals surface area contributed by atoms with Crippen LogP contribution in [0.1, 0.15) is 94.0 Å². The first-order valence-corrected chi connectivity index (χ1v) is 13.7. The Morgan fingerprint density at radius 1 is 0.763 bits per heavy atom. The van der Waals surface area contributed by atoms with E-state index < -0.39 is 11.9 Å². The molecule has 0 aliphatic carbocycles. The first-order valence-electron chi connectivity index (χ1n) is 13.7. The second-order valence-corrected chi connectivity index (χ2v) is 9.13. The highest BCUT2D eigenvalue weighted by molar-refractivity contribution is 5.91. The van der Waals surface area contributed by atoms with Gasteiger partial charge in [0.15, 0.2) is 0 Å². The van der Waals surface area contributed by atoms with Crippen molar-refractivity contribution in [2.75, 3.05) is 13.2 Å². The summed E-state index contributed by atoms with van der Waals surface area (Å²) in [6, 6.07) is 13.6. The van der Waals surface area contributed by atoms with E-state index >= 15 is 0 Å². The van der Waals surface area contributed by atoms with Gasteiger partial charge in [-0.1, -0.05) is 58.8 Å². The number of nitrogens with one attached hydrogen (secondary N) is 2. The van der Waals surface area contributed by atoms with Crippen molar-refractivity contribution in [2.24, 2.45) is 5.10 Å². The van der Waals surface area contributed by atoms with Crippen molar-refractivity contribution in [3.63, 3.8) is 0 Å². The quantitative estimate of drug-likeness (QED) is 0.0845. The molecular formula is C30H41N3O5. The fourth-order valence-electron chi connectivity index (χ4n) is 3.54. The third kappa shape index (κ3) is 13.0. The average molecular weight is 524 g/mol. The van der Waals surface area contributed by atoms with Crippen LogP contribution in [0.5, 0.6) is 11.5 Å². The number of hydrazone groups is 1. The van der Waals surface area contributed by atoms with Crippen LogP contribution in [-0.2, 0) is 9.59 Å². The molecule has 8 nitrogen and oxygen atoms in total. The Hall–Kier alpha value is -3.68. The van der Waals surface area contributed by atoms with Crippen molar-refractivity contribution >= 4 is 24.0 Å². The lowest BCUT2D eigenvalue weighted by molar-refractivity contribution is -0.126. The van der Waals surface area contributed by atoms with Crippen LogP contribution in [0.3, 0.4) is 0 Å². The van der Waals surface area contributed by atoms with Crippen molar-refractivity contribution in [2.45, 2.75) is 78.1 Å². The molecule has 0 spiro atoms. The number of rotatable bonds is 18. The first kappa shape index (κ1) is 30.5. The zero-order valence-electron chi connectivity index (χ0n) is 22.7. The van der Waals surface area contributed by atoms with Crippen LogP contribution in [0.2, 0.25) is 0 Å². The van der Waals surface area contributed by atoms with Gasteiger partial charge in [-0.25, -0.2) is 10.2 Å². The maximum absolute atomic E-state index is 12.4. The van der Waals surface area contributed by atoms with Gasteiger partial charge in [0.25, 0.3) is 5.91 Å². The molecule has 2 aromatic carbocycles. The van der Waals surface area contributed by atoms with Gasteiger partial charge in [-0.3, -0.25) is 9.59 Å². The molecule has 0 atom stereocenters. The number of esters is 1. The van der Waals surface area contributed by atoms with Crippen LogP contribution in [0.25, 0.3) is 0 Å². The van der Waals surface area contributed by atoms with Crippen LogP contribution >= 0.6 is 0 Å². The summed E-state index contributed by atoms with van der Waals surface area (Å²) in [5.74, 6) is 0.119. The minimum Gasteiger partial charge on any atom is -0.494 e. The van der Waals surface area contributed by atoms with E-state index in [9.17, 15) is 14.4 Å². The fourth-order valence-corrected chi connectivity index (χ4v) is 3.54. The number of benzene rings is 2. The average Bonchev–Trinajstić information content (AvgIpc) is 2.93. The lowest BCUT2D eigenvalue weighted by Gasteiger charge is -2.07. The maximum atomic E-state index is 12.4. The summed E-state index contributed by atoms with van der Waals surface area (Å²) >= 11 is 0. The molecule has 0 aliphatic heterocycles. The number of amides is 2. The summed E-state index contributed by atoms with van der Waals surface area (Å²) < 4.78 is 11.0. The highest BCUT2D eigenvalue weighted by Gasteiger charge is 2.09. The summed E-state index contributed by atoms with van der Waals surface area (Å²) in [5, 5.41) is 6.52. The molecule has 0 bridgehead atoms. The zero-order valence-corrected chi connectivity index (χ0v) is 22.7. The molecule has 0 aliphatic rings. The maximum Gasteiger partial charge on any atom is 0.343 e. The lowest BCUT2D eigenvalue weighted by atomic mass is 10.1. The van der Waals surface area contributed by atoms with Crippen molar-refractivity contribution in [3.05, 3.63) is 59.7 Å². The number of hydrogen-bond acceptors (Lipinski definition) is 6. The molecule has 0 saturated carbocycles. The molecule has 2 aromatic rings. The molecule has 0 heterocycles. The van der Waals surface area contributed by atoms with E-state index in [4.69, 9.17) is 9.47 Å². The lowest BCUT2D eigenvalue weighted by Crippen LogP contribution is -2.34. The summed E-state index contributed by atoms with van der Waals surface area (Å²) in [6.45, 7) is 4.82. The van der Waals surface area contributed by atoms with E-state index in [1.165, 1.54) is 31.9 Å². The normalized spacial score (nSPS) is 10.8. The SMILES string of the molecule is CCCCCCCCCC(=O)NCC(=O)N/N=C\c1ccc(OC(=O)c2ccc(OCCCC)cc2)cc1.